The molecule has 0 rings (SSSR count). The van der Waals surface area contributed by atoms with Gasteiger partial charge in [0, 0.05) is 0 Å². The maximum Gasteiger partial charge on any atom is 0.185 e. The summed E-state index contributed by atoms with van der Waals surface area (Å²) in [5.74, 6) is 0. The Balaban J connectivity index is 6.34. The minimum atomic E-state index is -1.81. The van der Waals surface area contributed by atoms with Gasteiger partial charge >= 0.3 is 0 Å². The summed E-state index contributed by atoms with van der Waals surface area (Å²) in [7, 11) is -3.61. The molecule has 0 aromatic heterocycles. The van der Waals surface area contributed by atoms with Crippen molar-refractivity contribution in [3.63, 3.8) is 0 Å². The second kappa shape index (κ2) is 13.6. The number of hydrogen-bond acceptors (Lipinski definition) is 1. The van der Waals surface area contributed by atoms with Crippen LogP contribution in [-0.2, 0) is 4.12 Å². The van der Waals surface area contributed by atoms with Crippen molar-refractivity contribution in [3.8, 4) is 0 Å². The van der Waals surface area contributed by atoms with Crippen molar-refractivity contribution in [2.75, 3.05) is 0 Å². The minimum absolute atomic E-state index is 0.778. The lowest BCUT2D eigenvalue weighted by molar-refractivity contribution is 0.419. The molecule has 3 heteroatoms. The first-order valence-electron chi connectivity index (χ1n) is 12.5. The van der Waals surface area contributed by atoms with E-state index in [-0.39, 0.29) is 0 Å². The normalized spacial score (nSPS) is 21.1. The first kappa shape index (κ1) is 27.4. The molecule has 0 saturated carbocycles. The van der Waals surface area contributed by atoms with E-state index in [1.807, 2.05) is 0 Å². The van der Waals surface area contributed by atoms with Crippen molar-refractivity contribution in [2.24, 2.45) is 0 Å². The van der Waals surface area contributed by atoms with Crippen molar-refractivity contribution in [1.29, 1.82) is 0 Å². The Morgan fingerprint density at radius 2 is 0.778 bits per heavy atom. The fourth-order valence-corrected chi connectivity index (χ4v) is 20.5. The number of hydrogen-bond donors (Lipinski definition) is 0. The van der Waals surface area contributed by atoms with Gasteiger partial charge in [0.2, 0.25) is 0 Å². The summed E-state index contributed by atoms with van der Waals surface area (Å²) in [4.78, 5) is 0. The van der Waals surface area contributed by atoms with Gasteiger partial charge in [0.05, 0.1) is 0 Å². The maximum atomic E-state index is 7.92. The topological polar surface area (TPSA) is 9.23 Å². The van der Waals surface area contributed by atoms with Gasteiger partial charge in [-0.2, -0.15) is 0 Å². The van der Waals surface area contributed by atoms with Crippen molar-refractivity contribution in [2.45, 2.75) is 155 Å². The third-order valence-electron chi connectivity index (χ3n) is 8.01. The van der Waals surface area contributed by atoms with Gasteiger partial charge in [0.15, 0.2) is 16.6 Å². The van der Waals surface area contributed by atoms with Crippen LogP contribution >= 0.6 is 0 Å². The summed E-state index contributed by atoms with van der Waals surface area (Å²) in [5, 5.41) is 0. The highest BCUT2D eigenvalue weighted by Crippen LogP contribution is 2.50. The first-order chi connectivity index (χ1) is 12.8. The molecule has 1 nitrogen and oxygen atoms in total. The lowest BCUT2D eigenvalue weighted by Crippen LogP contribution is -2.59. The van der Waals surface area contributed by atoms with Crippen LogP contribution < -0.4 is 0 Å². The Hall–Kier alpha value is 0.394. The van der Waals surface area contributed by atoms with Gasteiger partial charge in [0.25, 0.3) is 0 Å². The van der Waals surface area contributed by atoms with E-state index in [1.54, 1.807) is 0 Å². The van der Waals surface area contributed by atoms with Gasteiger partial charge in [-0.25, -0.2) is 0 Å². The third kappa shape index (κ3) is 6.71. The summed E-state index contributed by atoms with van der Waals surface area (Å²) in [5.41, 5.74) is 3.11. The Labute approximate surface area is 175 Å². The average Bonchev–Trinajstić information content (AvgIpc) is 2.71. The predicted molar refractivity (Wildman–Crippen MR) is 131 cm³/mol. The van der Waals surface area contributed by atoms with E-state index >= 15 is 0 Å². The molecule has 0 spiro atoms. The van der Waals surface area contributed by atoms with E-state index < -0.39 is 16.6 Å². The van der Waals surface area contributed by atoms with Gasteiger partial charge in [0.1, 0.15) is 0 Å². The molecule has 0 aliphatic rings. The summed E-state index contributed by atoms with van der Waals surface area (Å²) in [6.45, 7) is 24.5. The maximum absolute atomic E-state index is 7.92. The third-order valence-corrected chi connectivity index (χ3v) is 21.6. The monoisotopic (exact) mass is 414 g/mol. The Bertz CT molecular complexity index is 317. The van der Waals surface area contributed by atoms with Crippen molar-refractivity contribution < 1.29 is 4.12 Å². The van der Waals surface area contributed by atoms with Gasteiger partial charge in [-0.05, 0) is 34.3 Å². The first-order valence-corrected chi connectivity index (χ1v) is 17.0. The van der Waals surface area contributed by atoms with Gasteiger partial charge < -0.3 is 4.12 Å². The minimum Gasteiger partial charge on any atom is -0.454 e. The molecule has 27 heavy (non-hydrogen) atoms. The van der Waals surface area contributed by atoms with Crippen molar-refractivity contribution >= 4 is 16.6 Å². The highest BCUT2D eigenvalue weighted by molar-refractivity contribution is 6.89. The number of rotatable bonds is 16. The van der Waals surface area contributed by atoms with Crippen LogP contribution in [0.3, 0.4) is 0 Å². The zero-order chi connectivity index (χ0) is 21.1. The van der Waals surface area contributed by atoms with Gasteiger partial charge in [-0.15, -0.1) is 0 Å². The summed E-state index contributed by atoms with van der Waals surface area (Å²) < 4.78 is 7.92. The SMILES string of the molecule is CCCC[Si](O[Si](CCCC)(C(C)CC)C(C)CC)(C(C)CC)C(C)CC. The Kier molecular flexibility index (Phi) is 13.8. The van der Waals surface area contributed by atoms with Crippen LogP contribution in [0.2, 0.25) is 34.3 Å². The standard InChI is InChI=1S/C24H54OSi2/c1-11-17-19-26(21(7)13-3,22(8)14-4)25-27(20-18-12-2,23(9)15-5)24(10)16-6/h21-24H,11-20H2,1-10H3. The second-order valence-corrected chi connectivity index (χ2v) is 19.0. The Morgan fingerprint density at radius 1 is 0.519 bits per heavy atom. The van der Waals surface area contributed by atoms with Crippen LogP contribution in [0.15, 0.2) is 0 Å². The van der Waals surface area contributed by atoms with E-state index in [0.29, 0.717) is 0 Å². The Morgan fingerprint density at radius 3 is 0.963 bits per heavy atom. The molecule has 0 aliphatic heterocycles. The molecule has 0 heterocycles. The largest absolute Gasteiger partial charge is 0.454 e. The van der Waals surface area contributed by atoms with E-state index in [0.717, 1.165) is 22.2 Å². The lowest BCUT2D eigenvalue weighted by Gasteiger charge is -2.52. The summed E-state index contributed by atoms with van der Waals surface area (Å²) >= 11 is 0. The zero-order valence-electron chi connectivity index (χ0n) is 20.8. The van der Waals surface area contributed by atoms with Gasteiger partial charge in [-0.3, -0.25) is 0 Å². The molecule has 0 fully saturated rings. The average molecular weight is 415 g/mol. The number of unbranched alkanes of at least 4 members (excludes halogenated alkanes) is 2. The van der Waals surface area contributed by atoms with E-state index in [2.05, 4.69) is 69.2 Å². The molecule has 0 aliphatic carbocycles. The molecule has 164 valence electrons. The summed E-state index contributed by atoms with van der Waals surface area (Å²) in [6.07, 6.45) is 10.5. The highest BCUT2D eigenvalue weighted by atomic mass is 28.4. The highest BCUT2D eigenvalue weighted by Gasteiger charge is 2.53. The lowest BCUT2D eigenvalue weighted by atomic mass is 10.3. The van der Waals surface area contributed by atoms with Crippen LogP contribution in [0.5, 0.6) is 0 Å². The van der Waals surface area contributed by atoms with Crippen LogP contribution in [0.25, 0.3) is 0 Å². The van der Waals surface area contributed by atoms with E-state index in [1.165, 1.54) is 63.5 Å². The van der Waals surface area contributed by atoms with Crippen molar-refractivity contribution in [1.82, 2.24) is 0 Å². The molecule has 4 unspecified atom stereocenters. The quantitative estimate of drug-likeness (QED) is 0.228. The second-order valence-electron chi connectivity index (χ2n) is 9.46. The zero-order valence-corrected chi connectivity index (χ0v) is 22.8. The molecule has 0 N–H and O–H groups in total. The molecular formula is C24H54OSi2. The molecular weight excluding hydrogens is 360 g/mol. The van der Waals surface area contributed by atoms with Crippen LogP contribution in [0, 0.1) is 0 Å². The van der Waals surface area contributed by atoms with E-state index in [4.69, 9.17) is 4.12 Å². The van der Waals surface area contributed by atoms with Crippen LogP contribution in [0.4, 0.5) is 0 Å². The smallest absolute Gasteiger partial charge is 0.185 e. The molecule has 0 bridgehead atoms. The van der Waals surface area contributed by atoms with Gasteiger partial charge in [-0.1, -0.05) is 121 Å². The molecule has 4 atom stereocenters. The molecule has 0 saturated heterocycles. The van der Waals surface area contributed by atoms with E-state index in [9.17, 15) is 0 Å². The molecule has 0 amide bonds. The summed E-state index contributed by atoms with van der Waals surface area (Å²) in [6, 6.07) is 2.78. The van der Waals surface area contributed by atoms with Crippen molar-refractivity contribution in [3.05, 3.63) is 0 Å². The van der Waals surface area contributed by atoms with Crippen LogP contribution in [-0.4, -0.2) is 16.6 Å². The molecule has 0 aromatic carbocycles. The molecule has 0 radical (unpaired) electrons. The predicted octanol–water partition coefficient (Wildman–Crippen LogP) is 9.69. The van der Waals surface area contributed by atoms with Crippen LogP contribution in [0.1, 0.15) is 121 Å². The fourth-order valence-electron chi connectivity index (χ4n) is 5.10. The molecule has 0 aromatic rings. The fraction of sp³-hybridized carbons (Fsp3) is 1.00.